The molecule has 2 aromatic rings. The van der Waals surface area contributed by atoms with Crippen LogP contribution in [0.2, 0.25) is 0 Å². The van der Waals surface area contributed by atoms with E-state index in [1.54, 1.807) is 18.2 Å². The van der Waals surface area contributed by atoms with Crippen LogP contribution in [-0.2, 0) is 4.79 Å². The molecule has 0 radical (unpaired) electrons. The van der Waals surface area contributed by atoms with E-state index in [1.807, 2.05) is 31.2 Å². The molecule has 0 saturated carbocycles. The average Bonchev–Trinajstić information content (AvgIpc) is 2.64. The van der Waals surface area contributed by atoms with E-state index in [4.69, 9.17) is 9.47 Å². The third-order valence-corrected chi connectivity index (χ3v) is 4.37. The molecule has 0 atom stereocenters. The highest BCUT2D eigenvalue weighted by Gasteiger charge is 2.16. The van der Waals surface area contributed by atoms with Gasteiger partial charge in [-0.25, -0.2) is 0 Å². The maximum atomic E-state index is 12.2. The Morgan fingerprint density at radius 3 is 2.36 bits per heavy atom. The number of benzene rings is 2. The Kier molecular flexibility index (Phi) is 6.71. The van der Waals surface area contributed by atoms with Gasteiger partial charge in [-0.2, -0.15) is 0 Å². The SMILES string of the molecule is COc1cccc(C(=O)NNC(=O)CSc2ccc(C)cc2)c1OC. The van der Waals surface area contributed by atoms with Gasteiger partial charge in [-0.3, -0.25) is 20.4 Å². The summed E-state index contributed by atoms with van der Waals surface area (Å²) >= 11 is 1.39. The van der Waals surface area contributed by atoms with Crippen molar-refractivity contribution in [2.24, 2.45) is 0 Å². The van der Waals surface area contributed by atoms with Crippen molar-refractivity contribution in [3.8, 4) is 11.5 Å². The van der Waals surface area contributed by atoms with E-state index in [0.29, 0.717) is 11.5 Å². The summed E-state index contributed by atoms with van der Waals surface area (Å²) in [7, 11) is 2.94. The maximum Gasteiger partial charge on any atom is 0.273 e. The first-order valence-electron chi connectivity index (χ1n) is 7.54. The molecule has 2 amide bonds. The first kappa shape index (κ1) is 18.7. The quantitative estimate of drug-likeness (QED) is 0.612. The summed E-state index contributed by atoms with van der Waals surface area (Å²) < 4.78 is 10.4. The Balaban J connectivity index is 1.89. The zero-order valence-corrected chi connectivity index (χ0v) is 15.1. The topological polar surface area (TPSA) is 76.7 Å². The molecule has 2 rings (SSSR count). The number of aryl methyl sites for hydroxylation is 1. The van der Waals surface area contributed by atoms with Crippen molar-refractivity contribution in [3.63, 3.8) is 0 Å². The number of hydrogen-bond acceptors (Lipinski definition) is 5. The number of carbonyl (C=O) groups excluding carboxylic acids is 2. The van der Waals surface area contributed by atoms with Crippen molar-refractivity contribution >= 4 is 23.6 Å². The van der Waals surface area contributed by atoms with Gasteiger partial charge in [-0.05, 0) is 31.2 Å². The van der Waals surface area contributed by atoms with E-state index < -0.39 is 5.91 Å². The summed E-state index contributed by atoms with van der Waals surface area (Å²) in [4.78, 5) is 25.1. The lowest BCUT2D eigenvalue weighted by Crippen LogP contribution is -2.42. The second-order valence-electron chi connectivity index (χ2n) is 5.15. The molecule has 0 aliphatic carbocycles. The van der Waals surface area contributed by atoms with Crippen LogP contribution in [-0.4, -0.2) is 31.8 Å². The smallest absolute Gasteiger partial charge is 0.273 e. The van der Waals surface area contributed by atoms with Crippen molar-refractivity contribution in [2.75, 3.05) is 20.0 Å². The number of hydrazine groups is 1. The van der Waals surface area contributed by atoms with Crippen LogP contribution in [0.3, 0.4) is 0 Å². The van der Waals surface area contributed by atoms with Gasteiger partial charge < -0.3 is 9.47 Å². The lowest BCUT2D eigenvalue weighted by molar-refractivity contribution is -0.119. The number of methoxy groups -OCH3 is 2. The number of ether oxygens (including phenoxy) is 2. The molecule has 7 heteroatoms. The van der Waals surface area contributed by atoms with E-state index in [9.17, 15) is 9.59 Å². The molecule has 0 bridgehead atoms. The molecule has 0 fully saturated rings. The maximum absolute atomic E-state index is 12.2. The number of amides is 2. The molecule has 0 aliphatic heterocycles. The Labute approximate surface area is 150 Å². The molecular formula is C18H20N2O4S. The third kappa shape index (κ3) is 5.15. The highest BCUT2D eigenvalue weighted by Crippen LogP contribution is 2.30. The molecule has 0 aliphatic rings. The molecule has 132 valence electrons. The van der Waals surface area contributed by atoms with Gasteiger partial charge in [0, 0.05) is 4.90 Å². The lowest BCUT2D eigenvalue weighted by Gasteiger charge is -2.13. The fourth-order valence-corrected chi connectivity index (χ4v) is 2.78. The predicted octanol–water partition coefficient (Wildman–Crippen LogP) is 2.57. The second kappa shape index (κ2) is 8.98. The van der Waals surface area contributed by atoms with E-state index in [-0.39, 0.29) is 17.2 Å². The van der Waals surface area contributed by atoms with E-state index >= 15 is 0 Å². The summed E-state index contributed by atoms with van der Waals surface area (Å²) in [6, 6.07) is 12.8. The van der Waals surface area contributed by atoms with Crippen LogP contribution in [0.4, 0.5) is 0 Å². The van der Waals surface area contributed by atoms with Gasteiger partial charge >= 0.3 is 0 Å². The van der Waals surface area contributed by atoms with Gasteiger partial charge in [0.15, 0.2) is 11.5 Å². The summed E-state index contributed by atoms with van der Waals surface area (Å²) in [6.45, 7) is 2.00. The van der Waals surface area contributed by atoms with E-state index in [0.717, 1.165) is 10.5 Å². The molecule has 0 aromatic heterocycles. The Morgan fingerprint density at radius 2 is 1.72 bits per heavy atom. The third-order valence-electron chi connectivity index (χ3n) is 3.35. The predicted molar refractivity (Wildman–Crippen MR) is 97.1 cm³/mol. The zero-order valence-electron chi connectivity index (χ0n) is 14.3. The lowest BCUT2D eigenvalue weighted by atomic mass is 10.2. The summed E-state index contributed by atoms with van der Waals surface area (Å²) in [5.74, 6) is 0.158. The molecule has 0 heterocycles. The Morgan fingerprint density at radius 1 is 1.00 bits per heavy atom. The van der Waals surface area contributed by atoms with Gasteiger partial charge in [0.1, 0.15) is 0 Å². The standard InChI is InChI=1S/C18H20N2O4S/c1-12-7-9-13(10-8-12)25-11-16(21)19-20-18(22)14-5-4-6-15(23-2)17(14)24-3/h4-10H,11H2,1-3H3,(H,19,21)(H,20,22). The molecular weight excluding hydrogens is 340 g/mol. The van der Waals surface area contributed by atoms with Gasteiger partial charge in [0.2, 0.25) is 5.91 Å². The van der Waals surface area contributed by atoms with Crippen molar-refractivity contribution in [1.82, 2.24) is 10.9 Å². The van der Waals surface area contributed by atoms with Crippen LogP contribution in [0, 0.1) is 6.92 Å². The van der Waals surface area contributed by atoms with Crippen LogP contribution in [0.1, 0.15) is 15.9 Å². The zero-order chi connectivity index (χ0) is 18.2. The van der Waals surface area contributed by atoms with Crippen LogP contribution in [0.15, 0.2) is 47.4 Å². The number of hydrogen-bond donors (Lipinski definition) is 2. The molecule has 25 heavy (non-hydrogen) atoms. The summed E-state index contributed by atoms with van der Waals surface area (Å²) in [5.41, 5.74) is 6.21. The van der Waals surface area contributed by atoms with Gasteiger partial charge in [-0.15, -0.1) is 11.8 Å². The van der Waals surface area contributed by atoms with Crippen LogP contribution in [0.25, 0.3) is 0 Å². The van der Waals surface area contributed by atoms with Crippen LogP contribution in [0.5, 0.6) is 11.5 Å². The molecule has 0 spiro atoms. The van der Waals surface area contributed by atoms with Gasteiger partial charge in [0.05, 0.1) is 25.5 Å². The number of thioether (sulfide) groups is 1. The summed E-state index contributed by atoms with van der Waals surface area (Å²) in [6.07, 6.45) is 0. The van der Waals surface area contributed by atoms with Crippen molar-refractivity contribution in [2.45, 2.75) is 11.8 Å². The molecule has 6 nitrogen and oxygen atoms in total. The molecule has 2 N–H and O–H groups in total. The highest BCUT2D eigenvalue weighted by atomic mass is 32.2. The minimum Gasteiger partial charge on any atom is -0.493 e. The van der Waals surface area contributed by atoms with Crippen LogP contribution < -0.4 is 20.3 Å². The fourth-order valence-electron chi connectivity index (χ4n) is 2.08. The monoisotopic (exact) mass is 360 g/mol. The molecule has 0 saturated heterocycles. The van der Waals surface area contributed by atoms with Crippen LogP contribution >= 0.6 is 11.8 Å². The van der Waals surface area contributed by atoms with Gasteiger partial charge in [0.25, 0.3) is 5.91 Å². The first-order valence-corrected chi connectivity index (χ1v) is 8.53. The van der Waals surface area contributed by atoms with Crippen molar-refractivity contribution < 1.29 is 19.1 Å². The Bertz CT molecular complexity index is 747. The first-order chi connectivity index (χ1) is 12.0. The number of nitrogens with one attached hydrogen (secondary N) is 2. The second-order valence-corrected chi connectivity index (χ2v) is 6.19. The minimum atomic E-state index is -0.482. The largest absolute Gasteiger partial charge is 0.493 e. The minimum absolute atomic E-state index is 0.193. The highest BCUT2D eigenvalue weighted by molar-refractivity contribution is 8.00. The van der Waals surface area contributed by atoms with Gasteiger partial charge in [-0.1, -0.05) is 23.8 Å². The molecule has 2 aromatic carbocycles. The number of rotatable bonds is 6. The average molecular weight is 360 g/mol. The number of carbonyl (C=O) groups is 2. The molecule has 0 unspecified atom stereocenters. The normalized spacial score (nSPS) is 10.0. The summed E-state index contributed by atoms with van der Waals surface area (Å²) in [5, 5.41) is 0. The van der Waals surface area contributed by atoms with Crippen molar-refractivity contribution in [3.05, 3.63) is 53.6 Å². The number of para-hydroxylation sites is 1. The van der Waals surface area contributed by atoms with E-state index in [2.05, 4.69) is 10.9 Å². The van der Waals surface area contributed by atoms with Crippen molar-refractivity contribution in [1.29, 1.82) is 0 Å². The fraction of sp³-hybridized carbons (Fsp3) is 0.222. The Hall–Kier alpha value is -2.67. The van der Waals surface area contributed by atoms with E-state index in [1.165, 1.54) is 26.0 Å².